The Morgan fingerprint density at radius 1 is 1.17 bits per heavy atom. The SMILES string of the molecule is COc1ccccc1OCC(=O)N1CCC2(CC1)CC(=O)c1cc(Cl)ccc1O2. The molecular formula is C22H22ClNO5. The fraction of sp³-hybridized carbons (Fsp3) is 0.364. The average molecular weight is 416 g/mol. The Hall–Kier alpha value is -2.73. The molecule has 0 aromatic heterocycles. The first kappa shape index (κ1) is 19.6. The van der Waals surface area contributed by atoms with Gasteiger partial charge in [0.2, 0.25) is 0 Å². The van der Waals surface area contributed by atoms with Crippen molar-refractivity contribution in [3.05, 3.63) is 53.1 Å². The maximum Gasteiger partial charge on any atom is 0.260 e. The van der Waals surface area contributed by atoms with Crippen LogP contribution in [0.2, 0.25) is 5.02 Å². The topological polar surface area (TPSA) is 65.1 Å². The Morgan fingerprint density at radius 2 is 1.90 bits per heavy atom. The predicted octanol–water partition coefficient (Wildman–Crippen LogP) is 3.75. The number of carbonyl (C=O) groups is 2. The lowest BCUT2D eigenvalue weighted by Gasteiger charge is -2.43. The van der Waals surface area contributed by atoms with Crippen molar-refractivity contribution < 1.29 is 23.8 Å². The van der Waals surface area contributed by atoms with E-state index in [1.165, 1.54) is 0 Å². The molecule has 0 atom stereocenters. The Bertz CT molecular complexity index is 937. The molecule has 4 rings (SSSR count). The fourth-order valence-electron chi connectivity index (χ4n) is 3.88. The second-order valence-electron chi connectivity index (χ2n) is 7.35. The molecule has 2 heterocycles. The first-order valence-corrected chi connectivity index (χ1v) is 9.93. The van der Waals surface area contributed by atoms with Gasteiger partial charge in [0.25, 0.3) is 5.91 Å². The molecule has 1 saturated heterocycles. The highest BCUT2D eigenvalue weighted by Crippen LogP contribution is 2.40. The van der Waals surface area contributed by atoms with E-state index in [1.807, 2.05) is 12.1 Å². The maximum atomic E-state index is 12.6. The van der Waals surface area contributed by atoms with Crippen molar-refractivity contribution in [2.75, 3.05) is 26.8 Å². The summed E-state index contributed by atoms with van der Waals surface area (Å²) in [4.78, 5) is 26.9. The minimum atomic E-state index is -0.557. The van der Waals surface area contributed by atoms with Gasteiger partial charge in [0.1, 0.15) is 11.4 Å². The van der Waals surface area contributed by atoms with Gasteiger partial charge in [0.15, 0.2) is 23.9 Å². The molecule has 0 bridgehead atoms. The summed E-state index contributed by atoms with van der Waals surface area (Å²) < 4.78 is 17.1. The number of benzene rings is 2. The Kier molecular flexibility index (Phi) is 5.37. The molecule has 1 spiro atoms. The van der Waals surface area contributed by atoms with Crippen LogP contribution in [-0.2, 0) is 4.79 Å². The van der Waals surface area contributed by atoms with Gasteiger partial charge in [-0.2, -0.15) is 0 Å². The maximum absolute atomic E-state index is 12.6. The van der Waals surface area contributed by atoms with E-state index in [1.54, 1.807) is 42.3 Å². The lowest BCUT2D eigenvalue weighted by Crippen LogP contribution is -2.53. The Labute approximate surface area is 174 Å². The average Bonchev–Trinajstić information content (AvgIpc) is 2.73. The number of nitrogens with zero attached hydrogens (tertiary/aromatic N) is 1. The number of ketones is 1. The van der Waals surface area contributed by atoms with E-state index in [2.05, 4.69) is 0 Å². The van der Waals surface area contributed by atoms with Crippen LogP contribution in [0, 0.1) is 0 Å². The molecule has 0 radical (unpaired) electrons. The summed E-state index contributed by atoms with van der Waals surface area (Å²) in [5.74, 6) is 1.64. The molecule has 2 aliphatic rings. The molecular weight excluding hydrogens is 394 g/mol. The minimum absolute atomic E-state index is 0.0352. The van der Waals surface area contributed by atoms with Crippen molar-refractivity contribution in [2.45, 2.75) is 24.9 Å². The van der Waals surface area contributed by atoms with Gasteiger partial charge < -0.3 is 19.1 Å². The van der Waals surface area contributed by atoms with Crippen LogP contribution in [0.4, 0.5) is 0 Å². The molecule has 0 aliphatic carbocycles. The summed E-state index contributed by atoms with van der Waals surface area (Å²) in [7, 11) is 1.56. The lowest BCUT2D eigenvalue weighted by atomic mass is 9.82. The summed E-state index contributed by atoms with van der Waals surface area (Å²) in [6.45, 7) is 0.975. The number of hydrogen-bond acceptors (Lipinski definition) is 5. The molecule has 6 nitrogen and oxygen atoms in total. The second-order valence-corrected chi connectivity index (χ2v) is 7.78. The third kappa shape index (κ3) is 4.03. The van der Waals surface area contributed by atoms with Crippen LogP contribution in [0.25, 0.3) is 0 Å². The highest BCUT2D eigenvalue weighted by molar-refractivity contribution is 6.31. The number of fused-ring (bicyclic) bond motifs is 1. The van der Waals surface area contributed by atoms with E-state index in [0.717, 1.165) is 0 Å². The number of halogens is 1. The van der Waals surface area contributed by atoms with Gasteiger partial charge in [-0.3, -0.25) is 9.59 Å². The first-order chi connectivity index (χ1) is 14.0. The van der Waals surface area contributed by atoms with Gasteiger partial charge in [0, 0.05) is 31.0 Å². The Morgan fingerprint density at radius 3 is 2.62 bits per heavy atom. The summed E-state index contributed by atoms with van der Waals surface area (Å²) in [5, 5.41) is 0.520. The summed E-state index contributed by atoms with van der Waals surface area (Å²) in [6.07, 6.45) is 1.50. The number of rotatable bonds is 4. The van der Waals surface area contributed by atoms with Crippen molar-refractivity contribution in [3.63, 3.8) is 0 Å². The molecule has 0 N–H and O–H groups in total. The molecule has 1 fully saturated rings. The van der Waals surface area contributed by atoms with E-state index in [0.29, 0.717) is 60.2 Å². The number of para-hydroxylation sites is 2. The third-order valence-corrected chi connectivity index (χ3v) is 5.73. The van der Waals surface area contributed by atoms with Crippen LogP contribution in [0.3, 0.4) is 0 Å². The number of carbonyl (C=O) groups excluding carboxylic acids is 2. The van der Waals surface area contributed by atoms with Crippen molar-refractivity contribution in [2.24, 2.45) is 0 Å². The Balaban J connectivity index is 1.36. The zero-order chi connectivity index (χ0) is 20.4. The normalized spacial score (nSPS) is 17.4. The van der Waals surface area contributed by atoms with Crippen molar-refractivity contribution in [1.29, 1.82) is 0 Å². The molecule has 0 unspecified atom stereocenters. The van der Waals surface area contributed by atoms with Crippen LogP contribution < -0.4 is 14.2 Å². The largest absolute Gasteiger partial charge is 0.493 e. The molecule has 0 saturated carbocycles. The summed E-state index contributed by atoms with van der Waals surface area (Å²) in [5.41, 5.74) is -0.0232. The van der Waals surface area contributed by atoms with Crippen LogP contribution in [0.5, 0.6) is 17.2 Å². The van der Waals surface area contributed by atoms with Crippen LogP contribution in [0.15, 0.2) is 42.5 Å². The van der Waals surface area contributed by atoms with Gasteiger partial charge in [-0.15, -0.1) is 0 Å². The molecule has 2 aromatic carbocycles. The smallest absolute Gasteiger partial charge is 0.260 e. The zero-order valence-electron chi connectivity index (χ0n) is 16.2. The van der Waals surface area contributed by atoms with E-state index in [4.69, 9.17) is 25.8 Å². The minimum Gasteiger partial charge on any atom is -0.493 e. The number of piperidine rings is 1. The van der Waals surface area contributed by atoms with Gasteiger partial charge in [-0.1, -0.05) is 23.7 Å². The molecule has 29 heavy (non-hydrogen) atoms. The quantitative estimate of drug-likeness (QED) is 0.760. The van der Waals surface area contributed by atoms with Gasteiger partial charge >= 0.3 is 0 Å². The van der Waals surface area contributed by atoms with Gasteiger partial charge in [-0.05, 0) is 30.3 Å². The predicted molar refractivity (Wildman–Crippen MR) is 108 cm³/mol. The number of amides is 1. The van der Waals surface area contributed by atoms with E-state index >= 15 is 0 Å². The molecule has 2 aromatic rings. The number of ether oxygens (including phenoxy) is 3. The standard InChI is InChI=1S/C22H22ClNO5/c1-27-19-4-2-3-5-20(19)28-14-21(26)24-10-8-22(9-11-24)13-17(25)16-12-15(23)6-7-18(16)29-22/h2-7,12H,8-11,13-14H2,1H3. The van der Waals surface area contributed by atoms with Crippen molar-refractivity contribution >= 4 is 23.3 Å². The second kappa shape index (κ2) is 7.95. The van der Waals surface area contributed by atoms with E-state index < -0.39 is 5.60 Å². The van der Waals surface area contributed by atoms with E-state index in [-0.39, 0.29) is 18.3 Å². The zero-order valence-corrected chi connectivity index (χ0v) is 16.9. The van der Waals surface area contributed by atoms with E-state index in [9.17, 15) is 9.59 Å². The van der Waals surface area contributed by atoms with Crippen LogP contribution >= 0.6 is 11.6 Å². The fourth-order valence-corrected chi connectivity index (χ4v) is 4.05. The summed E-state index contributed by atoms with van der Waals surface area (Å²) in [6, 6.07) is 12.3. The van der Waals surface area contributed by atoms with Crippen molar-refractivity contribution in [3.8, 4) is 17.2 Å². The number of likely N-dealkylation sites (tertiary alicyclic amines) is 1. The number of Topliss-reactive ketones (excluding diaryl/α,β-unsaturated/α-hetero) is 1. The summed E-state index contributed by atoms with van der Waals surface area (Å²) >= 11 is 5.99. The van der Waals surface area contributed by atoms with Crippen molar-refractivity contribution in [1.82, 2.24) is 4.90 Å². The molecule has 1 amide bonds. The number of methoxy groups -OCH3 is 1. The monoisotopic (exact) mass is 415 g/mol. The molecule has 152 valence electrons. The molecule has 7 heteroatoms. The first-order valence-electron chi connectivity index (χ1n) is 9.55. The van der Waals surface area contributed by atoms with Gasteiger partial charge in [0.05, 0.1) is 19.1 Å². The highest BCUT2D eigenvalue weighted by Gasteiger charge is 2.43. The lowest BCUT2D eigenvalue weighted by molar-refractivity contribution is -0.136. The molecule has 2 aliphatic heterocycles. The van der Waals surface area contributed by atoms with Gasteiger partial charge in [-0.25, -0.2) is 0 Å². The highest BCUT2D eigenvalue weighted by atomic mass is 35.5. The van der Waals surface area contributed by atoms with Crippen LogP contribution in [-0.4, -0.2) is 49.0 Å². The third-order valence-electron chi connectivity index (χ3n) is 5.50. The number of hydrogen-bond donors (Lipinski definition) is 0. The van der Waals surface area contributed by atoms with Crippen LogP contribution in [0.1, 0.15) is 29.6 Å².